The van der Waals surface area contributed by atoms with Crippen molar-refractivity contribution in [3.63, 3.8) is 0 Å². The summed E-state index contributed by atoms with van der Waals surface area (Å²) in [4.78, 5) is 17.5. The van der Waals surface area contributed by atoms with Gasteiger partial charge in [-0.15, -0.1) is 0 Å². The Morgan fingerprint density at radius 2 is 1.96 bits per heavy atom. The molecule has 0 atom stereocenters. The molecule has 0 bridgehead atoms. The zero-order chi connectivity index (χ0) is 17.3. The quantitative estimate of drug-likeness (QED) is 0.535. The maximum atomic E-state index is 12.5. The molecule has 11 heteroatoms. The van der Waals surface area contributed by atoms with E-state index in [4.69, 9.17) is 4.52 Å². The Hall–Kier alpha value is -3.24. The minimum atomic E-state index is -4.42. The Kier molecular flexibility index (Phi) is 3.75. The summed E-state index contributed by atoms with van der Waals surface area (Å²) in [5, 5.41) is 14.2. The minimum absolute atomic E-state index is 0.0501. The average Bonchev–Trinajstić information content (AvgIpc) is 3.16. The van der Waals surface area contributed by atoms with Crippen molar-refractivity contribution in [3.8, 4) is 11.4 Å². The number of hydrogen-bond acceptors (Lipinski definition) is 6. The lowest BCUT2D eigenvalue weighted by molar-refractivity contribution is -0.389. The van der Waals surface area contributed by atoms with Crippen LogP contribution in [-0.2, 0) is 12.7 Å². The van der Waals surface area contributed by atoms with Crippen molar-refractivity contribution in [1.29, 1.82) is 0 Å². The molecule has 0 aliphatic rings. The zero-order valence-corrected chi connectivity index (χ0v) is 11.8. The van der Waals surface area contributed by atoms with E-state index in [-0.39, 0.29) is 24.1 Å². The van der Waals surface area contributed by atoms with Crippen molar-refractivity contribution >= 4 is 5.82 Å². The fraction of sp³-hybridized carbons (Fsp3) is 0.154. The predicted molar refractivity (Wildman–Crippen MR) is 72.7 cm³/mol. The third-order valence-corrected chi connectivity index (χ3v) is 3.06. The van der Waals surface area contributed by atoms with E-state index in [9.17, 15) is 23.3 Å². The molecule has 0 N–H and O–H groups in total. The molecule has 2 aromatic heterocycles. The summed E-state index contributed by atoms with van der Waals surface area (Å²) < 4.78 is 43.9. The summed E-state index contributed by atoms with van der Waals surface area (Å²) in [5.74, 6) is -0.0667. The maximum absolute atomic E-state index is 12.5. The van der Waals surface area contributed by atoms with Crippen LogP contribution in [0.15, 0.2) is 41.3 Å². The molecule has 0 spiro atoms. The van der Waals surface area contributed by atoms with Gasteiger partial charge in [0.25, 0.3) is 0 Å². The molecular formula is C13H8F3N5O3. The van der Waals surface area contributed by atoms with Gasteiger partial charge in [-0.05, 0) is 22.0 Å². The number of rotatable bonds is 4. The number of nitro groups is 1. The van der Waals surface area contributed by atoms with Crippen LogP contribution in [0.2, 0.25) is 0 Å². The van der Waals surface area contributed by atoms with Gasteiger partial charge in [-0.3, -0.25) is 0 Å². The van der Waals surface area contributed by atoms with Gasteiger partial charge in [-0.1, -0.05) is 17.3 Å². The standard InChI is InChI=1S/C13H8F3N5O3/c14-13(15,16)9-3-1-8(2-4-9)12-18-11(24-19-12)6-20-5-10(17-7-20)21(22)23/h1-5,7H,6H2. The molecule has 0 fully saturated rings. The Bertz CT molecular complexity index is 870. The summed E-state index contributed by atoms with van der Waals surface area (Å²) in [6, 6.07) is 4.31. The molecule has 3 aromatic rings. The van der Waals surface area contributed by atoms with Crippen molar-refractivity contribution in [2.24, 2.45) is 0 Å². The minimum Gasteiger partial charge on any atom is -0.358 e. The van der Waals surface area contributed by atoms with E-state index in [0.717, 1.165) is 12.1 Å². The Morgan fingerprint density at radius 3 is 2.54 bits per heavy atom. The highest BCUT2D eigenvalue weighted by molar-refractivity contribution is 5.54. The van der Waals surface area contributed by atoms with Gasteiger partial charge in [0.05, 0.1) is 5.56 Å². The SMILES string of the molecule is O=[N+]([O-])c1cn(Cc2nc(-c3ccc(C(F)(F)F)cc3)no2)cn1. The van der Waals surface area contributed by atoms with Gasteiger partial charge in [0.15, 0.2) is 0 Å². The molecular weight excluding hydrogens is 331 g/mol. The first-order valence-corrected chi connectivity index (χ1v) is 6.49. The van der Waals surface area contributed by atoms with Crippen LogP contribution in [0, 0.1) is 10.1 Å². The van der Waals surface area contributed by atoms with Gasteiger partial charge in [0, 0.05) is 5.56 Å². The number of nitrogens with zero attached hydrogens (tertiary/aromatic N) is 5. The van der Waals surface area contributed by atoms with Crippen LogP contribution in [0.4, 0.5) is 19.0 Å². The monoisotopic (exact) mass is 339 g/mol. The number of benzene rings is 1. The van der Waals surface area contributed by atoms with E-state index in [1.54, 1.807) is 0 Å². The van der Waals surface area contributed by atoms with Crippen LogP contribution in [0.1, 0.15) is 11.5 Å². The molecule has 0 saturated carbocycles. The third kappa shape index (κ3) is 3.24. The van der Waals surface area contributed by atoms with Crippen molar-refractivity contribution < 1.29 is 22.6 Å². The average molecular weight is 339 g/mol. The van der Waals surface area contributed by atoms with Crippen LogP contribution in [0.5, 0.6) is 0 Å². The Balaban J connectivity index is 1.76. The number of hydrogen-bond donors (Lipinski definition) is 0. The molecule has 0 amide bonds. The van der Waals surface area contributed by atoms with E-state index in [0.29, 0.717) is 5.56 Å². The molecule has 8 nitrogen and oxygen atoms in total. The van der Waals surface area contributed by atoms with Gasteiger partial charge in [0.2, 0.25) is 18.0 Å². The van der Waals surface area contributed by atoms with Gasteiger partial charge in [-0.2, -0.15) is 18.2 Å². The second-order valence-electron chi connectivity index (χ2n) is 4.75. The highest BCUT2D eigenvalue weighted by Gasteiger charge is 2.30. The predicted octanol–water partition coefficient (Wildman–Crippen LogP) is 2.91. The lowest BCUT2D eigenvalue weighted by Crippen LogP contribution is -2.04. The van der Waals surface area contributed by atoms with Crippen molar-refractivity contribution in [3.05, 3.63) is 58.4 Å². The van der Waals surface area contributed by atoms with Gasteiger partial charge in [-0.25, -0.2) is 0 Å². The number of halogens is 3. The summed E-state index contributed by atoms with van der Waals surface area (Å²) in [5.41, 5.74) is -0.421. The van der Waals surface area contributed by atoms with Crippen LogP contribution in [-0.4, -0.2) is 24.6 Å². The first-order chi connectivity index (χ1) is 11.3. The maximum Gasteiger partial charge on any atom is 0.416 e. The summed E-state index contributed by atoms with van der Waals surface area (Å²) in [6.45, 7) is 0.0501. The lowest BCUT2D eigenvalue weighted by Gasteiger charge is -2.05. The van der Waals surface area contributed by atoms with Crippen LogP contribution in [0.25, 0.3) is 11.4 Å². The highest BCUT2D eigenvalue weighted by atomic mass is 19.4. The van der Waals surface area contributed by atoms with Crippen molar-refractivity contribution in [1.82, 2.24) is 19.7 Å². The van der Waals surface area contributed by atoms with Gasteiger partial charge in [0.1, 0.15) is 12.7 Å². The number of aromatic nitrogens is 4. The third-order valence-electron chi connectivity index (χ3n) is 3.06. The molecule has 0 aliphatic carbocycles. The van der Waals surface area contributed by atoms with E-state index in [1.807, 2.05) is 0 Å². The summed E-state index contributed by atoms with van der Waals surface area (Å²) >= 11 is 0. The van der Waals surface area contributed by atoms with Gasteiger partial charge >= 0.3 is 12.0 Å². The first kappa shape index (κ1) is 15.6. The molecule has 124 valence electrons. The van der Waals surface area contributed by atoms with E-state index in [1.165, 1.54) is 29.2 Å². The second-order valence-corrected chi connectivity index (χ2v) is 4.75. The van der Waals surface area contributed by atoms with Crippen LogP contribution >= 0.6 is 0 Å². The van der Waals surface area contributed by atoms with Gasteiger partial charge < -0.3 is 19.2 Å². The topological polar surface area (TPSA) is 99.9 Å². The fourth-order valence-electron chi connectivity index (χ4n) is 1.93. The second kappa shape index (κ2) is 5.76. The molecule has 2 heterocycles. The first-order valence-electron chi connectivity index (χ1n) is 6.49. The van der Waals surface area contributed by atoms with Crippen molar-refractivity contribution in [2.45, 2.75) is 12.7 Å². The zero-order valence-electron chi connectivity index (χ0n) is 11.8. The largest absolute Gasteiger partial charge is 0.416 e. The molecule has 0 unspecified atom stereocenters. The van der Waals surface area contributed by atoms with Crippen molar-refractivity contribution in [2.75, 3.05) is 0 Å². The lowest BCUT2D eigenvalue weighted by atomic mass is 10.1. The molecule has 0 saturated heterocycles. The molecule has 3 rings (SSSR count). The van der Waals surface area contributed by atoms with Crippen LogP contribution in [0.3, 0.4) is 0 Å². The van der Waals surface area contributed by atoms with E-state index < -0.39 is 16.7 Å². The number of imidazole rings is 1. The van der Waals surface area contributed by atoms with E-state index >= 15 is 0 Å². The normalized spacial score (nSPS) is 11.6. The number of alkyl halides is 3. The highest BCUT2D eigenvalue weighted by Crippen LogP contribution is 2.30. The fourth-order valence-corrected chi connectivity index (χ4v) is 1.93. The molecule has 0 aliphatic heterocycles. The smallest absolute Gasteiger partial charge is 0.358 e. The Morgan fingerprint density at radius 1 is 1.25 bits per heavy atom. The molecule has 1 aromatic carbocycles. The summed E-state index contributed by atoms with van der Waals surface area (Å²) in [6.07, 6.45) is -1.99. The van der Waals surface area contributed by atoms with Crippen LogP contribution < -0.4 is 0 Å². The molecule has 24 heavy (non-hydrogen) atoms. The molecule has 0 radical (unpaired) electrons. The van der Waals surface area contributed by atoms with E-state index in [2.05, 4.69) is 15.1 Å². The summed E-state index contributed by atoms with van der Waals surface area (Å²) in [7, 11) is 0. The Labute approximate surface area is 131 Å².